The average molecular weight is 457 g/mol. The van der Waals surface area contributed by atoms with E-state index in [9.17, 15) is 14.0 Å². The highest BCUT2D eigenvalue weighted by Gasteiger charge is 2.39. The fourth-order valence-electron chi connectivity index (χ4n) is 4.63. The second-order valence-electron chi connectivity index (χ2n) is 9.13. The number of aromatic nitrogens is 3. The van der Waals surface area contributed by atoms with Crippen LogP contribution in [0.2, 0.25) is 0 Å². The SMILES string of the molecule is O=C(C1CCCN1C(=O)Nc1ccc(F)cc1)N1CCOCC1Cc1cn(CC2CC2)nn1. The molecule has 2 unspecified atom stereocenters. The zero-order chi connectivity index (χ0) is 22.8. The Labute approximate surface area is 191 Å². The summed E-state index contributed by atoms with van der Waals surface area (Å²) in [5.41, 5.74) is 1.35. The molecule has 2 atom stereocenters. The van der Waals surface area contributed by atoms with Gasteiger partial charge in [-0.2, -0.15) is 0 Å². The third-order valence-corrected chi connectivity index (χ3v) is 6.58. The van der Waals surface area contributed by atoms with Crippen molar-refractivity contribution in [2.24, 2.45) is 5.92 Å². The minimum absolute atomic E-state index is 0.0552. The average Bonchev–Trinajstić information content (AvgIpc) is 3.30. The molecule has 5 rings (SSSR count). The van der Waals surface area contributed by atoms with Crippen molar-refractivity contribution in [3.05, 3.63) is 42.0 Å². The van der Waals surface area contributed by atoms with Crippen molar-refractivity contribution >= 4 is 17.6 Å². The van der Waals surface area contributed by atoms with E-state index in [-0.39, 0.29) is 23.8 Å². The number of benzene rings is 1. The number of amides is 3. The van der Waals surface area contributed by atoms with E-state index in [2.05, 4.69) is 15.6 Å². The number of morpholine rings is 1. The predicted octanol–water partition coefficient (Wildman–Crippen LogP) is 2.29. The van der Waals surface area contributed by atoms with Gasteiger partial charge in [-0.3, -0.25) is 9.48 Å². The topological polar surface area (TPSA) is 92.6 Å². The zero-order valence-electron chi connectivity index (χ0n) is 18.5. The molecule has 3 aliphatic rings. The molecule has 3 fully saturated rings. The van der Waals surface area contributed by atoms with Crippen molar-refractivity contribution in [3.63, 3.8) is 0 Å². The van der Waals surface area contributed by atoms with Crippen LogP contribution in [-0.4, -0.2) is 75.1 Å². The minimum atomic E-state index is -0.517. The summed E-state index contributed by atoms with van der Waals surface area (Å²) in [6.07, 6.45) is 6.43. The molecule has 176 valence electrons. The van der Waals surface area contributed by atoms with E-state index < -0.39 is 6.04 Å². The molecule has 2 aliphatic heterocycles. The molecule has 0 radical (unpaired) electrons. The third kappa shape index (κ3) is 5.16. The highest BCUT2D eigenvalue weighted by Crippen LogP contribution is 2.30. The number of hydrogen-bond acceptors (Lipinski definition) is 5. The Morgan fingerprint density at radius 2 is 1.94 bits per heavy atom. The molecular formula is C23H29FN6O3. The number of carbonyl (C=O) groups is 2. The van der Waals surface area contributed by atoms with E-state index in [1.165, 1.54) is 37.1 Å². The highest BCUT2D eigenvalue weighted by atomic mass is 19.1. The summed E-state index contributed by atoms with van der Waals surface area (Å²) in [6, 6.07) is 4.60. The van der Waals surface area contributed by atoms with Gasteiger partial charge in [0.1, 0.15) is 11.9 Å². The molecule has 3 amide bonds. The Bertz CT molecular complexity index is 992. The first-order valence-electron chi connectivity index (χ1n) is 11.7. The van der Waals surface area contributed by atoms with Crippen molar-refractivity contribution < 1.29 is 18.7 Å². The summed E-state index contributed by atoms with van der Waals surface area (Å²) in [5.74, 6) is 0.290. The molecule has 0 spiro atoms. The van der Waals surface area contributed by atoms with Gasteiger partial charge in [0.15, 0.2) is 0 Å². The van der Waals surface area contributed by atoms with Gasteiger partial charge in [0.2, 0.25) is 5.91 Å². The van der Waals surface area contributed by atoms with Gasteiger partial charge in [-0.05, 0) is 55.9 Å². The Hall–Kier alpha value is -3.01. The number of urea groups is 1. The lowest BCUT2D eigenvalue weighted by atomic mass is 10.1. The summed E-state index contributed by atoms with van der Waals surface area (Å²) in [6.45, 7) is 2.81. The highest BCUT2D eigenvalue weighted by molar-refractivity contribution is 5.94. The standard InChI is InChI=1S/C23H29FN6O3/c24-17-5-7-18(8-6-17)25-23(32)30-9-1-2-21(30)22(31)29-10-11-33-15-20(29)12-19-14-28(27-26-19)13-16-3-4-16/h5-8,14,16,20-21H,1-4,9-13,15H2,(H,25,32). The Morgan fingerprint density at radius 1 is 1.12 bits per heavy atom. The first-order chi connectivity index (χ1) is 16.1. The quantitative estimate of drug-likeness (QED) is 0.720. The molecule has 10 heteroatoms. The summed E-state index contributed by atoms with van der Waals surface area (Å²) in [7, 11) is 0. The van der Waals surface area contributed by atoms with Crippen molar-refractivity contribution in [1.29, 1.82) is 0 Å². The van der Waals surface area contributed by atoms with Crippen LogP contribution in [0.25, 0.3) is 0 Å². The Kier molecular flexibility index (Phi) is 6.26. The Morgan fingerprint density at radius 3 is 2.73 bits per heavy atom. The number of nitrogens with one attached hydrogen (secondary N) is 1. The van der Waals surface area contributed by atoms with E-state index in [1.807, 2.05) is 15.8 Å². The van der Waals surface area contributed by atoms with Gasteiger partial charge in [-0.1, -0.05) is 5.21 Å². The van der Waals surface area contributed by atoms with Crippen LogP contribution >= 0.6 is 0 Å². The van der Waals surface area contributed by atoms with Crippen molar-refractivity contribution in [3.8, 4) is 0 Å². The number of hydrogen-bond donors (Lipinski definition) is 1. The van der Waals surface area contributed by atoms with Gasteiger partial charge in [0.25, 0.3) is 0 Å². The van der Waals surface area contributed by atoms with E-state index in [0.29, 0.717) is 50.8 Å². The molecular weight excluding hydrogens is 427 g/mol. The third-order valence-electron chi connectivity index (χ3n) is 6.58. The predicted molar refractivity (Wildman–Crippen MR) is 118 cm³/mol. The molecule has 0 bridgehead atoms. The van der Waals surface area contributed by atoms with Gasteiger partial charge in [-0.15, -0.1) is 5.10 Å². The minimum Gasteiger partial charge on any atom is -0.377 e. The van der Waals surface area contributed by atoms with Crippen LogP contribution in [0.5, 0.6) is 0 Å². The van der Waals surface area contributed by atoms with Crippen LogP contribution in [0.1, 0.15) is 31.4 Å². The summed E-state index contributed by atoms with van der Waals surface area (Å²) in [4.78, 5) is 29.8. The monoisotopic (exact) mass is 456 g/mol. The van der Waals surface area contributed by atoms with Gasteiger partial charge in [0.05, 0.1) is 24.9 Å². The second-order valence-corrected chi connectivity index (χ2v) is 9.13. The number of nitrogens with zero attached hydrogens (tertiary/aromatic N) is 5. The summed E-state index contributed by atoms with van der Waals surface area (Å²) < 4.78 is 20.7. The number of halogens is 1. The fourth-order valence-corrected chi connectivity index (χ4v) is 4.63. The summed E-state index contributed by atoms with van der Waals surface area (Å²) >= 11 is 0. The lowest BCUT2D eigenvalue weighted by Gasteiger charge is -2.38. The molecule has 2 aromatic rings. The van der Waals surface area contributed by atoms with Crippen LogP contribution < -0.4 is 5.32 Å². The maximum Gasteiger partial charge on any atom is 0.322 e. The van der Waals surface area contributed by atoms with Crippen LogP contribution in [-0.2, 0) is 22.5 Å². The van der Waals surface area contributed by atoms with Crippen LogP contribution in [0.4, 0.5) is 14.9 Å². The number of likely N-dealkylation sites (tertiary alicyclic amines) is 1. The largest absolute Gasteiger partial charge is 0.377 e. The lowest BCUT2D eigenvalue weighted by molar-refractivity contribution is -0.143. The smallest absolute Gasteiger partial charge is 0.322 e. The molecule has 1 saturated carbocycles. The first-order valence-corrected chi connectivity index (χ1v) is 11.7. The molecule has 1 aliphatic carbocycles. The van der Waals surface area contributed by atoms with E-state index in [4.69, 9.17) is 4.74 Å². The van der Waals surface area contributed by atoms with Gasteiger partial charge >= 0.3 is 6.03 Å². The second kappa shape index (κ2) is 9.46. The van der Waals surface area contributed by atoms with E-state index in [0.717, 1.165) is 18.7 Å². The molecule has 33 heavy (non-hydrogen) atoms. The Balaban J connectivity index is 1.24. The normalized spacial score (nSPS) is 23.1. The molecule has 1 N–H and O–H groups in total. The zero-order valence-corrected chi connectivity index (χ0v) is 18.5. The maximum absolute atomic E-state index is 13.5. The van der Waals surface area contributed by atoms with Crippen LogP contribution in [0.3, 0.4) is 0 Å². The molecule has 2 saturated heterocycles. The van der Waals surface area contributed by atoms with Crippen LogP contribution in [0.15, 0.2) is 30.5 Å². The van der Waals surface area contributed by atoms with Crippen LogP contribution in [0, 0.1) is 11.7 Å². The van der Waals surface area contributed by atoms with Crippen molar-refractivity contribution in [2.45, 2.75) is 50.7 Å². The maximum atomic E-state index is 13.5. The summed E-state index contributed by atoms with van der Waals surface area (Å²) in [5, 5.41) is 11.3. The van der Waals surface area contributed by atoms with Crippen molar-refractivity contribution in [2.75, 3.05) is 31.6 Å². The molecule has 1 aromatic heterocycles. The lowest BCUT2D eigenvalue weighted by Crippen LogP contribution is -2.56. The molecule has 3 heterocycles. The number of ether oxygens (including phenoxy) is 1. The van der Waals surface area contributed by atoms with E-state index >= 15 is 0 Å². The molecule has 9 nitrogen and oxygen atoms in total. The first kappa shape index (κ1) is 21.8. The number of anilines is 1. The van der Waals surface area contributed by atoms with Crippen molar-refractivity contribution in [1.82, 2.24) is 24.8 Å². The van der Waals surface area contributed by atoms with Gasteiger partial charge in [0, 0.05) is 37.9 Å². The van der Waals surface area contributed by atoms with Gasteiger partial charge < -0.3 is 19.9 Å². The van der Waals surface area contributed by atoms with E-state index in [1.54, 1.807) is 4.90 Å². The van der Waals surface area contributed by atoms with Gasteiger partial charge in [-0.25, -0.2) is 9.18 Å². The number of carbonyl (C=O) groups excluding carboxylic acids is 2. The molecule has 1 aromatic carbocycles. The fraction of sp³-hybridized carbons (Fsp3) is 0.565. The number of rotatable bonds is 6.